The standard InChI is InChI=1S/C15H20N2O4S/c1-5-9-8-10-12(22-9)16-11(6-7-21-4)17(13(10)18)15(2,3)14(19)20/h8H,5-7H2,1-4H3,(H,19,20). The number of aryl methyl sites for hydroxylation is 1. The molecular formula is C15H20N2O4S. The van der Waals surface area contributed by atoms with E-state index in [9.17, 15) is 14.7 Å². The molecule has 1 N–H and O–H groups in total. The summed E-state index contributed by atoms with van der Waals surface area (Å²) in [7, 11) is 1.56. The molecule has 7 heteroatoms. The zero-order valence-corrected chi connectivity index (χ0v) is 14.0. The van der Waals surface area contributed by atoms with Crippen LogP contribution in [0.2, 0.25) is 0 Å². The van der Waals surface area contributed by atoms with E-state index >= 15 is 0 Å². The molecule has 0 unspecified atom stereocenters. The van der Waals surface area contributed by atoms with Crippen LogP contribution in [0.25, 0.3) is 10.2 Å². The SMILES string of the molecule is CCc1cc2c(=O)n(C(C)(C)C(=O)O)c(CCOC)nc2s1. The molecule has 22 heavy (non-hydrogen) atoms. The van der Waals surface area contributed by atoms with Crippen molar-refractivity contribution in [2.45, 2.75) is 39.2 Å². The molecular weight excluding hydrogens is 304 g/mol. The second-order valence-corrected chi connectivity index (χ2v) is 6.68. The minimum Gasteiger partial charge on any atom is -0.480 e. The molecule has 2 heterocycles. The number of carboxylic acids is 1. The summed E-state index contributed by atoms with van der Waals surface area (Å²) >= 11 is 1.47. The van der Waals surface area contributed by atoms with Gasteiger partial charge in [-0.25, -0.2) is 9.78 Å². The number of methoxy groups -OCH3 is 1. The van der Waals surface area contributed by atoms with Crippen LogP contribution in [-0.2, 0) is 27.9 Å². The first-order valence-corrected chi connectivity index (χ1v) is 7.91. The lowest BCUT2D eigenvalue weighted by molar-refractivity contribution is -0.146. The van der Waals surface area contributed by atoms with Gasteiger partial charge in [0.2, 0.25) is 0 Å². The largest absolute Gasteiger partial charge is 0.480 e. The molecule has 0 aromatic carbocycles. The number of carboxylic acid groups (broad SMARTS) is 1. The molecule has 0 saturated heterocycles. The molecule has 2 aromatic rings. The van der Waals surface area contributed by atoms with Crippen LogP contribution in [0.4, 0.5) is 0 Å². The van der Waals surface area contributed by atoms with E-state index in [1.165, 1.54) is 29.8 Å². The number of thiophene rings is 1. The third-order valence-electron chi connectivity index (χ3n) is 3.65. The Kier molecular flexibility index (Phi) is 4.67. The molecule has 0 aliphatic rings. The number of ether oxygens (including phenoxy) is 1. The Morgan fingerprint density at radius 2 is 2.18 bits per heavy atom. The lowest BCUT2D eigenvalue weighted by Crippen LogP contribution is -2.45. The van der Waals surface area contributed by atoms with Crippen molar-refractivity contribution < 1.29 is 14.6 Å². The van der Waals surface area contributed by atoms with Crippen LogP contribution < -0.4 is 5.56 Å². The number of carbonyl (C=O) groups is 1. The summed E-state index contributed by atoms with van der Waals surface area (Å²) in [6.07, 6.45) is 1.20. The van der Waals surface area contributed by atoms with E-state index in [1.54, 1.807) is 7.11 Å². The summed E-state index contributed by atoms with van der Waals surface area (Å²) in [5.74, 6) is -0.628. The fraction of sp³-hybridized carbons (Fsp3) is 0.533. The van der Waals surface area contributed by atoms with Gasteiger partial charge >= 0.3 is 5.97 Å². The van der Waals surface area contributed by atoms with E-state index < -0.39 is 11.5 Å². The molecule has 2 rings (SSSR count). The lowest BCUT2D eigenvalue weighted by Gasteiger charge is -2.25. The Bertz CT molecular complexity index is 761. The lowest BCUT2D eigenvalue weighted by atomic mass is 10.0. The van der Waals surface area contributed by atoms with E-state index in [0.29, 0.717) is 29.1 Å². The first-order valence-electron chi connectivity index (χ1n) is 7.10. The predicted octanol–water partition coefficient (Wildman–Crippen LogP) is 2.03. The second-order valence-electron chi connectivity index (χ2n) is 5.56. The molecule has 6 nitrogen and oxygen atoms in total. The van der Waals surface area contributed by atoms with E-state index in [0.717, 1.165) is 11.3 Å². The van der Waals surface area contributed by atoms with Gasteiger partial charge in [0.1, 0.15) is 16.2 Å². The van der Waals surface area contributed by atoms with E-state index in [-0.39, 0.29) is 5.56 Å². The van der Waals surface area contributed by atoms with Crippen LogP contribution in [-0.4, -0.2) is 34.3 Å². The van der Waals surface area contributed by atoms with Crippen LogP contribution >= 0.6 is 11.3 Å². The number of nitrogens with zero attached hydrogens (tertiary/aromatic N) is 2. The fourth-order valence-corrected chi connectivity index (χ4v) is 3.26. The zero-order valence-electron chi connectivity index (χ0n) is 13.2. The molecule has 0 fully saturated rings. The number of aromatic nitrogens is 2. The van der Waals surface area contributed by atoms with Crippen LogP contribution in [0.3, 0.4) is 0 Å². The van der Waals surface area contributed by atoms with Gasteiger partial charge in [-0.15, -0.1) is 11.3 Å². The Balaban J connectivity index is 2.77. The van der Waals surface area contributed by atoms with Crippen LogP contribution in [0.5, 0.6) is 0 Å². The van der Waals surface area contributed by atoms with Crippen molar-refractivity contribution in [3.63, 3.8) is 0 Å². The minimum atomic E-state index is -1.37. The molecule has 0 spiro atoms. The molecule has 120 valence electrons. The van der Waals surface area contributed by atoms with Crippen molar-refractivity contribution in [3.8, 4) is 0 Å². The van der Waals surface area contributed by atoms with Gasteiger partial charge < -0.3 is 9.84 Å². The molecule has 0 saturated carbocycles. The summed E-state index contributed by atoms with van der Waals surface area (Å²) in [5, 5.41) is 9.96. The Labute approximate surface area is 132 Å². The molecule has 0 aliphatic carbocycles. The monoisotopic (exact) mass is 324 g/mol. The van der Waals surface area contributed by atoms with Crippen molar-refractivity contribution in [1.29, 1.82) is 0 Å². The smallest absolute Gasteiger partial charge is 0.329 e. The van der Waals surface area contributed by atoms with Gasteiger partial charge in [-0.1, -0.05) is 6.92 Å². The van der Waals surface area contributed by atoms with Gasteiger partial charge in [-0.3, -0.25) is 9.36 Å². The summed E-state index contributed by atoms with van der Waals surface area (Å²) in [5.41, 5.74) is -1.67. The van der Waals surface area contributed by atoms with Gasteiger partial charge in [0, 0.05) is 18.4 Å². The zero-order chi connectivity index (χ0) is 16.5. The van der Waals surface area contributed by atoms with Gasteiger partial charge in [0.05, 0.1) is 12.0 Å². The van der Waals surface area contributed by atoms with Crippen molar-refractivity contribution in [1.82, 2.24) is 9.55 Å². The number of hydrogen-bond donors (Lipinski definition) is 1. The van der Waals surface area contributed by atoms with Gasteiger partial charge in [0.25, 0.3) is 5.56 Å². The predicted molar refractivity (Wildman–Crippen MR) is 85.8 cm³/mol. The Morgan fingerprint density at radius 1 is 1.50 bits per heavy atom. The minimum absolute atomic E-state index is 0.306. The van der Waals surface area contributed by atoms with E-state index in [4.69, 9.17) is 4.74 Å². The second kappa shape index (κ2) is 6.18. The van der Waals surface area contributed by atoms with E-state index in [1.807, 2.05) is 13.0 Å². The first-order chi connectivity index (χ1) is 10.3. The number of aliphatic carboxylic acids is 1. The third kappa shape index (κ3) is 2.78. The summed E-state index contributed by atoms with van der Waals surface area (Å²) in [6.45, 7) is 5.40. The topological polar surface area (TPSA) is 81.4 Å². The molecule has 0 atom stereocenters. The van der Waals surface area contributed by atoms with Crippen molar-refractivity contribution >= 4 is 27.5 Å². The maximum Gasteiger partial charge on any atom is 0.329 e. The number of hydrogen-bond acceptors (Lipinski definition) is 5. The third-order valence-corrected chi connectivity index (χ3v) is 4.82. The molecule has 0 bridgehead atoms. The maximum atomic E-state index is 12.8. The van der Waals surface area contributed by atoms with Crippen LogP contribution in [0.15, 0.2) is 10.9 Å². The number of fused-ring (bicyclic) bond motifs is 1. The molecule has 0 aliphatic heterocycles. The van der Waals surface area contributed by atoms with Crippen molar-refractivity contribution in [3.05, 3.63) is 27.1 Å². The quantitative estimate of drug-likeness (QED) is 0.879. The first kappa shape index (κ1) is 16.6. The van der Waals surface area contributed by atoms with Crippen LogP contribution in [0, 0.1) is 0 Å². The van der Waals surface area contributed by atoms with Crippen molar-refractivity contribution in [2.24, 2.45) is 0 Å². The highest BCUT2D eigenvalue weighted by Gasteiger charge is 2.33. The van der Waals surface area contributed by atoms with Gasteiger partial charge in [-0.05, 0) is 26.3 Å². The molecule has 0 amide bonds. The molecule has 2 aromatic heterocycles. The highest BCUT2D eigenvalue weighted by atomic mass is 32.1. The summed E-state index contributed by atoms with van der Waals surface area (Å²) < 4.78 is 6.33. The van der Waals surface area contributed by atoms with Crippen molar-refractivity contribution in [2.75, 3.05) is 13.7 Å². The van der Waals surface area contributed by atoms with Gasteiger partial charge in [0.15, 0.2) is 0 Å². The van der Waals surface area contributed by atoms with Gasteiger partial charge in [-0.2, -0.15) is 0 Å². The average Bonchev–Trinajstić information content (AvgIpc) is 2.88. The number of rotatable bonds is 6. The average molecular weight is 324 g/mol. The normalized spacial score (nSPS) is 12.0. The molecule has 0 radical (unpaired) electrons. The van der Waals surface area contributed by atoms with E-state index in [2.05, 4.69) is 4.98 Å². The summed E-state index contributed by atoms with van der Waals surface area (Å²) in [6, 6.07) is 1.81. The fourth-order valence-electron chi connectivity index (χ4n) is 2.28. The highest BCUT2D eigenvalue weighted by molar-refractivity contribution is 7.18. The summed E-state index contributed by atoms with van der Waals surface area (Å²) in [4.78, 5) is 30.6. The maximum absolute atomic E-state index is 12.8. The van der Waals surface area contributed by atoms with Crippen LogP contribution in [0.1, 0.15) is 31.5 Å². The Hall–Kier alpha value is -1.73. The Morgan fingerprint density at radius 3 is 2.73 bits per heavy atom. The highest BCUT2D eigenvalue weighted by Crippen LogP contribution is 2.24.